The van der Waals surface area contributed by atoms with Crippen molar-refractivity contribution in [2.45, 2.75) is 25.5 Å². The second-order valence-corrected chi connectivity index (χ2v) is 5.15. The molecule has 0 aliphatic carbocycles. The number of amides is 1. The van der Waals surface area contributed by atoms with Crippen molar-refractivity contribution >= 4 is 17.6 Å². The molecule has 23 heavy (non-hydrogen) atoms. The average molecular weight is 320 g/mol. The Bertz CT molecular complexity index is 627. The van der Waals surface area contributed by atoms with Gasteiger partial charge in [-0.2, -0.15) is 4.89 Å². The summed E-state index contributed by atoms with van der Waals surface area (Å²) in [6.07, 6.45) is 0.893. The zero-order chi connectivity index (χ0) is 17.0. The Morgan fingerprint density at radius 1 is 1.48 bits per heavy atom. The number of benzene rings is 1. The third-order valence-corrected chi connectivity index (χ3v) is 3.55. The maximum Gasteiger partial charge on any atom is 0.346 e. The maximum absolute atomic E-state index is 11.7. The van der Waals surface area contributed by atoms with Crippen molar-refractivity contribution in [1.82, 2.24) is 5.32 Å². The number of nitro benzene ring substituents is 1. The molecular formula is C15H16N2O6. The molecule has 8 nitrogen and oxygen atoms in total. The first-order valence-corrected chi connectivity index (χ1v) is 6.94. The van der Waals surface area contributed by atoms with E-state index in [0.717, 1.165) is 0 Å². The average Bonchev–Trinajstić information content (AvgIpc) is 2.50. The van der Waals surface area contributed by atoms with E-state index in [-0.39, 0.29) is 24.1 Å². The molecule has 1 fully saturated rings. The Morgan fingerprint density at radius 2 is 2.13 bits per heavy atom. The van der Waals surface area contributed by atoms with Crippen molar-refractivity contribution in [1.29, 1.82) is 0 Å². The summed E-state index contributed by atoms with van der Waals surface area (Å²) in [5.74, 6) is -1.28. The van der Waals surface area contributed by atoms with Crippen LogP contribution in [0.4, 0.5) is 5.69 Å². The van der Waals surface area contributed by atoms with Gasteiger partial charge in [0.1, 0.15) is 6.10 Å². The fourth-order valence-corrected chi connectivity index (χ4v) is 2.25. The first kappa shape index (κ1) is 16.6. The Hall–Kier alpha value is -2.74. The van der Waals surface area contributed by atoms with E-state index in [1.807, 2.05) is 0 Å². The summed E-state index contributed by atoms with van der Waals surface area (Å²) in [6, 6.07) is 5.34. The predicted octanol–water partition coefficient (Wildman–Crippen LogP) is 1.30. The van der Waals surface area contributed by atoms with Gasteiger partial charge in [-0.15, -0.1) is 6.58 Å². The molecule has 1 saturated heterocycles. The number of rotatable bonds is 7. The maximum atomic E-state index is 11.7. The topological polar surface area (TPSA) is 108 Å². The molecule has 1 N–H and O–H groups in total. The first-order chi connectivity index (χ1) is 10.9. The highest BCUT2D eigenvalue weighted by Crippen LogP contribution is 2.22. The molecule has 1 aliphatic rings. The lowest BCUT2D eigenvalue weighted by Gasteiger charge is -2.37. The van der Waals surface area contributed by atoms with Gasteiger partial charge < -0.3 is 5.32 Å². The summed E-state index contributed by atoms with van der Waals surface area (Å²) in [6.45, 7) is 5.22. The van der Waals surface area contributed by atoms with Crippen molar-refractivity contribution in [2.24, 2.45) is 5.92 Å². The van der Waals surface area contributed by atoms with Gasteiger partial charge >= 0.3 is 5.97 Å². The molecule has 122 valence electrons. The molecule has 1 heterocycles. The van der Waals surface area contributed by atoms with E-state index in [2.05, 4.69) is 11.9 Å². The SMILES string of the molecule is C=CC1NC(=O)C1C(C)OOC(=O)Cc1ccc([N+](=O)[O-])cc1. The minimum Gasteiger partial charge on any atom is -0.349 e. The molecule has 0 aromatic heterocycles. The second-order valence-electron chi connectivity index (χ2n) is 5.15. The molecule has 8 heteroatoms. The van der Waals surface area contributed by atoms with E-state index >= 15 is 0 Å². The van der Waals surface area contributed by atoms with Crippen LogP contribution in [-0.4, -0.2) is 28.9 Å². The van der Waals surface area contributed by atoms with Gasteiger partial charge in [0.05, 0.1) is 23.3 Å². The molecule has 0 bridgehead atoms. The van der Waals surface area contributed by atoms with Crippen LogP contribution in [0, 0.1) is 16.0 Å². The summed E-state index contributed by atoms with van der Waals surface area (Å²) < 4.78 is 0. The van der Waals surface area contributed by atoms with Crippen molar-refractivity contribution in [3.8, 4) is 0 Å². The van der Waals surface area contributed by atoms with Crippen molar-refractivity contribution in [3.05, 3.63) is 52.6 Å². The lowest BCUT2D eigenvalue weighted by molar-refractivity contribution is -0.384. The zero-order valence-corrected chi connectivity index (χ0v) is 12.4. The number of carbonyl (C=O) groups is 2. The number of nitro groups is 1. The van der Waals surface area contributed by atoms with Crippen LogP contribution < -0.4 is 5.32 Å². The van der Waals surface area contributed by atoms with Gasteiger partial charge in [0.15, 0.2) is 0 Å². The van der Waals surface area contributed by atoms with E-state index in [4.69, 9.17) is 9.78 Å². The standard InChI is InChI=1S/C15H16N2O6/c1-3-12-14(15(19)16-12)9(2)22-23-13(18)8-10-4-6-11(7-5-10)17(20)21/h3-7,9,12,14H,1,8H2,2H3,(H,16,19). The minimum atomic E-state index is -0.652. The molecule has 2 rings (SSSR count). The zero-order valence-electron chi connectivity index (χ0n) is 12.4. The summed E-state index contributed by atoms with van der Waals surface area (Å²) in [5, 5.41) is 13.2. The predicted molar refractivity (Wildman–Crippen MR) is 79.1 cm³/mol. The fourth-order valence-electron chi connectivity index (χ4n) is 2.25. The largest absolute Gasteiger partial charge is 0.349 e. The first-order valence-electron chi connectivity index (χ1n) is 6.94. The molecule has 0 radical (unpaired) electrons. The number of nitrogens with one attached hydrogen (secondary N) is 1. The van der Waals surface area contributed by atoms with Gasteiger partial charge in [-0.1, -0.05) is 18.2 Å². The molecule has 0 saturated carbocycles. The highest BCUT2D eigenvalue weighted by Gasteiger charge is 2.42. The molecule has 3 unspecified atom stereocenters. The van der Waals surface area contributed by atoms with Gasteiger partial charge in [-0.25, -0.2) is 4.79 Å². The quantitative estimate of drug-likeness (QED) is 0.267. The summed E-state index contributed by atoms with van der Waals surface area (Å²) >= 11 is 0. The van der Waals surface area contributed by atoms with Crippen LogP contribution >= 0.6 is 0 Å². The number of carbonyl (C=O) groups excluding carboxylic acids is 2. The summed E-state index contributed by atoms with van der Waals surface area (Å²) in [5.41, 5.74) is 0.501. The molecule has 1 aliphatic heterocycles. The summed E-state index contributed by atoms with van der Waals surface area (Å²) in [7, 11) is 0. The molecule has 1 aromatic carbocycles. The van der Waals surface area contributed by atoms with E-state index in [1.165, 1.54) is 24.3 Å². The third kappa shape index (κ3) is 3.92. The molecule has 1 amide bonds. The Balaban J connectivity index is 1.81. The number of nitrogens with zero attached hydrogens (tertiary/aromatic N) is 1. The Morgan fingerprint density at radius 3 is 2.65 bits per heavy atom. The second kappa shape index (κ2) is 7.01. The van der Waals surface area contributed by atoms with Crippen molar-refractivity contribution in [2.75, 3.05) is 0 Å². The number of hydrogen-bond acceptors (Lipinski definition) is 6. The van der Waals surface area contributed by atoms with Crippen LogP contribution in [0.5, 0.6) is 0 Å². The lowest BCUT2D eigenvalue weighted by Crippen LogP contribution is -2.61. The molecule has 3 atom stereocenters. The smallest absolute Gasteiger partial charge is 0.346 e. The van der Waals surface area contributed by atoms with E-state index < -0.39 is 22.9 Å². The number of hydrogen-bond donors (Lipinski definition) is 1. The monoisotopic (exact) mass is 320 g/mol. The number of β-lactam (4-membered cyclic amide) rings is 1. The summed E-state index contributed by atoms with van der Waals surface area (Å²) in [4.78, 5) is 42.8. The van der Waals surface area contributed by atoms with Crippen LogP contribution in [0.3, 0.4) is 0 Å². The molecule has 0 spiro atoms. The van der Waals surface area contributed by atoms with E-state index in [9.17, 15) is 19.7 Å². The minimum absolute atomic E-state index is 0.0570. The Labute approximate surface area is 132 Å². The van der Waals surface area contributed by atoms with Gasteiger partial charge in [-0.05, 0) is 12.5 Å². The van der Waals surface area contributed by atoms with Crippen LogP contribution in [-0.2, 0) is 25.8 Å². The highest BCUT2D eigenvalue weighted by atomic mass is 17.2. The van der Waals surface area contributed by atoms with Crippen LogP contribution in [0.15, 0.2) is 36.9 Å². The van der Waals surface area contributed by atoms with E-state index in [1.54, 1.807) is 13.0 Å². The van der Waals surface area contributed by atoms with Crippen LogP contribution in [0.2, 0.25) is 0 Å². The fraction of sp³-hybridized carbons (Fsp3) is 0.333. The van der Waals surface area contributed by atoms with Crippen LogP contribution in [0.25, 0.3) is 0 Å². The molecular weight excluding hydrogens is 304 g/mol. The normalized spacial score (nSPS) is 20.8. The number of non-ortho nitro benzene ring substituents is 1. The Kier molecular flexibility index (Phi) is 5.07. The van der Waals surface area contributed by atoms with Gasteiger partial charge in [-0.3, -0.25) is 19.8 Å². The van der Waals surface area contributed by atoms with Gasteiger partial charge in [0.2, 0.25) is 5.91 Å². The van der Waals surface area contributed by atoms with Gasteiger partial charge in [0, 0.05) is 12.1 Å². The van der Waals surface area contributed by atoms with Gasteiger partial charge in [0.25, 0.3) is 5.69 Å². The van der Waals surface area contributed by atoms with Crippen molar-refractivity contribution in [3.63, 3.8) is 0 Å². The van der Waals surface area contributed by atoms with Crippen LogP contribution in [0.1, 0.15) is 12.5 Å². The van der Waals surface area contributed by atoms with Crippen molar-refractivity contribution < 1.29 is 24.3 Å². The molecule has 1 aromatic rings. The lowest BCUT2D eigenvalue weighted by atomic mass is 9.86. The van der Waals surface area contributed by atoms with E-state index in [0.29, 0.717) is 5.56 Å². The third-order valence-electron chi connectivity index (χ3n) is 3.55. The highest BCUT2D eigenvalue weighted by molar-refractivity contribution is 5.87.